The fraction of sp³-hybridized carbons (Fsp3) is 0.667. The van der Waals surface area contributed by atoms with Gasteiger partial charge in [-0.2, -0.15) is 0 Å². The lowest BCUT2D eigenvalue weighted by molar-refractivity contribution is 0.414. The molecule has 54 valence electrons. The first-order chi connectivity index (χ1) is 4.86. The lowest BCUT2D eigenvalue weighted by Gasteiger charge is -2.17. The van der Waals surface area contributed by atoms with Crippen LogP contribution in [0.3, 0.4) is 0 Å². The summed E-state index contributed by atoms with van der Waals surface area (Å²) in [5.41, 5.74) is 0. The van der Waals surface area contributed by atoms with E-state index in [-0.39, 0.29) is 5.90 Å². The summed E-state index contributed by atoms with van der Waals surface area (Å²) < 4.78 is 0. The molecule has 0 aromatic carbocycles. The van der Waals surface area contributed by atoms with Crippen molar-refractivity contribution in [1.82, 2.24) is 5.01 Å². The second kappa shape index (κ2) is 1.97. The lowest BCUT2D eigenvalue weighted by atomic mass is 10.3. The smallest absolute Gasteiger partial charge is 0.211 e. The standard InChI is InChI=1S/C6H9N3O/c10-6-4-5-7-2-1-3-9(5)8-6/h1-4H2,(H,8,10). The van der Waals surface area contributed by atoms with E-state index < -0.39 is 0 Å². The van der Waals surface area contributed by atoms with E-state index >= 15 is 0 Å². The predicted octanol–water partition coefficient (Wildman–Crippen LogP) is 0.366. The molecule has 1 N–H and O–H groups in total. The van der Waals surface area contributed by atoms with Crippen LogP contribution in [0, 0.1) is 0 Å². The Morgan fingerprint density at radius 3 is 3.20 bits per heavy atom. The second-order valence-electron chi connectivity index (χ2n) is 2.47. The number of hydrazone groups is 1. The van der Waals surface area contributed by atoms with Crippen molar-refractivity contribution in [2.24, 2.45) is 10.1 Å². The fourth-order valence-corrected chi connectivity index (χ4v) is 1.21. The van der Waals surface area contributed by atoms with Crippen LogP contribution in [0.1, 0.15) is 12.8 Å². The molecule has 2 heterocycles. The molecule has 10 heavy (non-hydrogen) atoms. The van der Waals surface area contributed by atoms with Gasteiger partial charge in [-0.3, -0.25) is 4.99 Å². The molecule has 0 radical (unpaired) electrons. The highest BCUT2D eigenvalue weighted by Crippen LogP contribution is 2.12. The number of aliphatic hydroxyl groups is 1. The SMILES string of the molecule is OC1=NN2CCCN=C2C1. The number of rotatable bonds is 0. The lowest BCUT2D eigenvalue weighted by Crippen LogP contribution is -2.27. The molecule has 0 amide bonds. The van der Waals surface area contributed by atoms with Crippen LogP contribution in [0.2, 0.25) is 0 Å². The Hall–Kier alpha value is -1.06. The Morgan fingerprint density at radius 2 is 2.40 bits per heavy atom. The Labute approximate surface area is 58.9 Å². The summed E-state index contributed by atoms with van der Waals surface area (Å²) in [6, 6.07) is 0. The maximum absolute atomic E-state index is 8.99. The van der Waals surface area contributed by atoms with E-state index in [2.05, 4.69) is 10.1 Å². The Bertz CT molecular complexity index is 209. The quantitative estimate of drug-likeness (QED) is 0.527. The number of amidine groups is 1. The first-order valence-electron chi connectivity index (χ1n) is 3.43. The minimum atomic E-state index is 0.195. The second-order valence-corrected chi connectivity index (χ2v) is 2.47. The van der Waals surface area contributed by atoms with Crippen LogP contribution in [-0.4, -0.2) is 34.9 Å². The van der Waals surface area contributed by atoms with Gasteiger partial charge >= 0.3 is 0 Å². The summed E-state index contributed by atoms with van der Waals surface area (Å²) in [6.07, 6.45) is 1.57. The van der Waals surface area contributed by atoms with Gasteiger partial charge in [0.1, 0.15) is 5.84 Å². The first-order valence-corrected chi connectivity index (χ1v) is 3.43. The van der Waals surface area contributed by atoms with Gasteiger partial charge in [0.05, 0.1) is 6.42 Å². The van der Waals surface area contributed by atoms with Gasteiger partial charge in [-0.15, -0.1) is 5.10 Å². The van der Waals surface area contributed by atoms with Crippen molar-refractivity contribution < 1.29 is 5.11 Å². The van der Waals surface area contributed by atoms with Crippen molar-refractivity contribution in [1.29, 1.82) is 0 Å². The molecule has 0 bridgehead atoms. The molecular weight excluding hydrogens is 130 g/mol. The molecule has 0 aromatic heterocycles. The molecule has 0 fully saturated rings. The van der Waals surface area contributed by atoms with Gasteiger partial charge in [0.2, 0.25) is 5.90 Å². The highest BCUT2D eigenvalue weighted by Gasteiger charge is 2.22. The molecular formula is C6H9N3O. The summed E-state index contributed by atoms with van der Waals surface area (Å²) in [4.78, 5) is 4.21. The van der Waals surface area contributed by atoms with Crippen molar-refractivity contribution in [2.45, 2.75) is 12.8 Å². The molecule has 2 rings (SSSR count). The average molecular weight is 139 g/mol. The van der Waals surface area contributed by atoms with E-state index in [0.717, 1.165) is 25.3 Å². The van der Waals surface area contributed by atoms with Crippen LogP contribution in [-0.2, 0) is 0 Å². The third-order valence-electron chi connectivity index (χ3n) is 1.67. The van der Waals surface area contributed by atoms with Crippen LogP contribution in [0.4, 0.5) is 0 Å². The maximum atomic E-state index is 8.99. The number of aliphatic hydroxyl groups excluding tert-OH is 1. The zero-order valence-corrected chi connectivity index (χ0v) is 5.62. The molecule has 0 spiro atoms. The predicted molar refractivity (Wildman–Crippen MR) is 38.3 cm³/mol. The Balaban J connectivity index is 2.23. The van der Waals surface area contributed by atoms with E-state index in [9.17, 15) is 0 Å². The van der Waals surface area contributed by atoms with Crippen molar-refractivity contribution in [3.05, 3.63) is 0 Å². The molecule has 0 atom stereocenters. The molecule has 0 aliphatic carbocycles. The monoisotopic (exact) mass is 139 g/mol. The number of fused-ring (bicyclic) bond motifs is 1. The number of nitrogens with zero attached hydrogens (tertiary/aromatic N) is 3. The summed E-state index contributed by atoms with van der Waals surface area (Å²) in [6.45, 7) is 1.79. The Morgan fingerprint density at radius 1 is 1.50 bits per heavy atom. The van der Waals surface area contributed by atoms with Crippen molar-refractivity contribution in [2.75, 3.05) is 13.1 Å². The summed E-state index contributed by atoms with van der Waals surface area (Å²) in [7, 11) is 0. The average Bonchev–Trinajstić information content (AvgIpc) is 2.27. The van der Waals surface area contributed by atoms with Gasteiger partial charge in [-0.25, -0.2) is 5.01 Å². The number of hydrogen-bond acceptors (Lipinski definition) is 3. The molecule has 2 aliphatic rings. The molecule has 0 saturated carbocycles. The van der Waals surface area contributed by atoms with E-state index in [1.54, 1.807) is 5.01 Å². The van der Waals surface area contributed by atoms with Gasteiger partial charge in [0, 0.05) is 13.1 Å². The van der Waals surface area contributed by atoms with Crippen LogP contribution >= 0.6 is 0 Å². The topological polar surface area (TPSA) is 48.2 Å². The van der Waals surface area contributed by atoms with Crippen molar-refractivity contribution in [3.63, 3.8) is 0 Å². The molecule has 0 saturated heterocycles. The molecule has 4 nitrogen and oxygen atoms in total. The minimum absolute atomic E-state index is 0.195. The molecule has 2 aliphatic heterocycles. The zero-order chi connectivity index (χ0) is 6.97. The highest BCUT2D eigenvalue weighted by molar-refractivity contribution is 6.03. The largest absolute Gasteiger partial charge is 0.495 e. The van der Waals surface area contributed by atoms with E-state index in [1.807, 2.05) is 0 Å². The van der Waals surface area contributed by atoms with Gasteiger partial charge in [-0.05, 0) is 6.42 Å². The normalized spacial score (nSPS) is 23.8. The minimum Gasteiger partial charge on any atom is -0.495 e. The van der Waals surface area contributed by atoms with Crippen molar-refractivity contribution in [3.8, 4) is 0 Å². The third kappa shape index (κ3) is 0.761. The molecule has 0 unspecified atom stereocenters. The van der Waals surface area contributed by atoms with Crippen molar-refractivity contribution >= 4 is 11.7 Å². The van der Waals surface area contributed by atoms with Gasteiger partial charge in [-0.1, -0.05) is 0 Å². The number of hydrogen-bond donors (Lipinski definition) is 1. The maximum Gasteiger partial charge on any atom is 0.211 e. The van der Waals surface area contributed by atoms with E-state index in [4.69, 9.17) is 5.11 Å². The fourth-order valence-electron chi connectivity index (χ4n) is 1.21. The number of aliphatic imine (C=N–C) groups is 1. The van der Waals surface area contributed by atoms with Crippen LogP contribution in [0.15, 0.2) is 10.1 Å². The van der Waals surface area contributed by atoms with Crippen LogP contribution in [0.5, 0.6) is 0 Å². The highest BCUT2D eigenvalue weighted by atomic mass is 16.3. The summed E-state index contributed by atoms with van der Waals surface area (Å²) in [5.74, 6) is 1.12. The van der Waals surface area contributed by atoms with Crippen LogP contribution < -0.4 is 0 Å². The third-order valence-corrected chi connectivity index (χ3v) is 1.67. The Kier molecular flexibility index (Phi) is 1.12. The van der Waals surface area contributed by atoms with Gasteiger partial charge in [0.15, 0.2) is 0 Å². The van der Waals surface area contributed by atoms with Gasteiger partial charge in [0.25, 0.3) is 0 Å². The van der Waals surface area contributed by atoms with Gasteiger partial charge < -0.3 is 5.11 Å². The zero-order valence-electron chi connectivity index (χ0n) is 5.62. The first kappa shape index (κ1) is 5.70. The molecule has 0 aromatic rings. The van der Waals surface area contributed by atoms with Crippen LogP contribution in [0.25, 0.3) is 0 Å². The van der Waals surface area contributed by atoms with E-state index in [1.165, 1.54) is 0 Å². The summed E-state index contributed by atoms with van der Waals surface area (Å²) >= 11 is 0. The molecule has 4 heteroatoms. The van der Waals surface area contributed by atoms with E-state index in [0.29, 0.717) is 6.42 Å². The summed E-state index contributed by atoms with van der Waals surface area (Å²) in [5, 5.41) is 14.6.